The zero-order valence-corrected chi connectivity index (χ0v) is 6.68. The first-order valence-electron chi connectivity index (χ1n) is 4.37. The molecule has 62 valence electrons. The monoisotopic (exact) mass is 154 g/mol. The van der Waals surface area contributed by atoms with Gasteiger partial charge in [-0.25, -0.2) is 0 Å². The molecule has 3 nitrogen and oxygen atoms in total. The van der Waals surface area contributed by atoms with E-state index in [4.69, 9.17) is 0 Å². The third-order valence-corrected chi connectivity index (χ3v) is 2.61. The first-order valence-corrected chi connectivity index (χ1v) is 4.37. The quantitative estimate of drug-likeness (QED) is 0.575. The van der Waals surface area contributed by atoms with Gasteiger partial charge >= 0.3 is 0 Å². The Kier molecular flexibility index (Phi) is 1.82. The van der Waals surface area contributed by atoms with Gasteiger partial charge in [0.2, 0.25) is 5.91 Å². The number of rotatable bonds is 1. The second kappa shape index (κ2) is 2.81. The number of nitrogens with one attached hydrogen (secondary N) is 1. The van der Waals surface area contributed by atoms with Crippen LogP contribution in [0.2, 0.25) is 0 Å². The average Bonchev–Trinajstić information content (AvgIpc) is 2.55. The maximum Gasteiger partial charge on any atom is 0.221 e. The SMILES string of the molecule is O=C1CC(N2CCCC2)CN1. The van der Waals surface area contributed by atoms with Gasteiger partial charge in [-0.05, 0) is 25.9 Å². The Balaban J connectivity index is 1.90. The average molecular weight is 154 g/mol. The molecule has 2 fully saturated rings. The summed E-state index contributed by atoms with van der Waals surface area (Å²) < 4.78 is 0. The van der Waals surface area contributed by atoms with E-state index in [1.54, 1.807) is 0 Å². The molecule has 1 atom stereocenters. The zero-order chi connectivity index (χ0) is 7.68. The molecule has 2 saturated heterocycles. The van der Waals surface area contributed by atoms with Crippen molar-refractivity contribution in [3.8, 4) is 0 Å². The summed E-state index contributed by atoms with van der Waals surface area (Å²) in [5.74, 6) is 0.224. The topological polar surface area (TPSA) is 32.3 Å². The second-order valence-electron chi connectivity index (χ2n) is 3.41. The minimum Gasteiger partial charge on any atom is -0.354 e. The number of carbonyl (C=O) groups excluding carboxylic acids is 1. The highest BCUT2D eigenvalue weighted by Crippen LogP contribution is 2.16. The van der Waals surface area contributed by atoms with E-state index in [2.05, 4.69) is 10.2 Å². The lowest BCUT2D eigenvalue weighted by Crippen LogP contribution is -2.34. The highest BCUT2D eigenvalue weighted by molar-refractivity contribution is 5.78. The molecule has 0 spiro atoms. The van der Waals surface area contributed by atoms with Crippen LogP contribution in [0.5, 0.6) is 0 Å². The number of nitrogens with zero attached hydrogens (tertiary/aromatic N) is 1. The van der Waals surface area contributed by atoms with E-state index in [1.807, 2.05) is 0 Å². The van der Waals surface area contributed by atoms with Gasteiger partial charge < -0.3 is 5.32 Å². The third kappa shape index (κ3) is 1.38. The fourth-order valence-corrected chi connectivity index (χ4v) is 1.95. The number of hydrogen-bond acceptors (Lipinski definition) is 2. The molecule has 11 heavy (non-hydrogen) atoms. The van der Waals surface area contributed by atoms with Gasteiger partial charge in [0.1, 0.15) is 0 Å². The molecule has 2 aliphatic rings. The lowest BCUT2D eigenvalue weighted by Gasteiger charge is -2.20. The molecule has 0 bridgehead atoms. The van der Waals surface area contributed by atoms with E-state index in [0.29, 0.717) is 6.04 Å². The van der Waals surface area contributed by atoms with Crippen LogP contribution in [0.4, 0.5) is 0 Å². The number of amides is 1. The van der Waals surface area contributed by atoms with Gasteiger partial charge in [0.05, 0.1) is 0 Å². The van der Waals surface area contributed by atoms with Gasteiger partial charge in [-0.3, -0.25) is 9.69 Å². The first-order chi connectivity index (χ1) is 5.36. The summed E-state index contributed by atoms with van der Waals surface area (Å²) in [5, 5.41) is 2.87. The maximum atomic E-state index is 10.9. The lowest BCUT2D eigenvalue weighted by molar-refractivity contribution is -0.119. The van der Waals surface area contributed by atoms with Crippen molar-refractivity contribution in [2.45, 2.75) is 25.3 Å². The van der Waals surface area contributed by atoms with Gasteiger partial charge in [-0.15, -0.1) is 0 Å². The fraction of sp³-hybridized carbons (Fsp3) is 0.875. The van der Waals surface area contributed by atoms with E-state index < -0.39 is 0 Å². The summed E-state index contributed by atoms with van der Waals surface area (Å²) in [6, 6.07) is 0.505. The molecule has 1 amide bonds. The van der Waals surface area contributed by atoms with Crippen molar-refractivity contribution in [3.05, 3.63) is 0 Å². The summed E-state index contributed by atoms with van der Waals surface area (Å²) in [4.78, 5) is 13.3. The molecule has 2 heterocycles. The van der Waals surface area contributed by atoms with Crippen molar-refractivity contribution in [1.82, 2.24) is 10.2 Å². The fourth-order valence-electron chi connectivity index (χ4n) is 1.95. The molecular weight excluding hydrogens is 140 g/mol. The number of hydrogen-bond donors (Lipinski definition) is 1. The number of likely N-dealkylation sites (tertiary alicyclic amines) is 1. The molecule has 0 aromatic rings. The van der Waals surface area contributed by atoms with E-state index in [0.717, 1.165) is 13.0 Å². The van der Waals surface area contributed by atoms with Crippen LogP contribution in [0.25, 0.3) is 0 Å². The minimum atomic E-state index is 0.224. The Labute approximate surface area is 66.8 Å². The van der Waals surface area contributed by atoms with Crippen molar-refractivity contribution < 1.29 is 4.79 Å². The van der Waals surface area contributed by atoms with Crippen LogP contribution in [-0.4, -0.2) is 36.5 Å². The molecule has 0 radical (unpaired) electrons. The minimum absolute atomic E-state index is 0.224. The van der Waals surface area contributed by atoms with Crippen molar-refractivity contribution in [2.75, 3.05) is 19.6 Å². The Bertz CT molecular complexity index is 163. The van der Waals surface area contributed by atoms with Crippen LogP contribution in [0, 0.1) is 0 Å². The Hall–Kier alpha value is -0.570. The van der Waals surface area contributed by atoms with E-state index in [1.165, 1.54) is 25.9 Å². The largest absolute Gasteiger partial charge is 0.354 e. The molecule has 1 N–H and O–H groups in total. The van der Waals surface area contributed by atoms with Crippen LogP contribution in [-0.2, 0) is 4.79 Å². The van der Waals surface area contributed by atoms with Gasteiger partial charge in [0.15, 0.2) is 0 Å². The van der Waals surface area contributed by atoms with Gasteiger partial charge in [-0.2, -0.15) is 0 Å². The molecule has 0 aromatic carbocycles. The summed E-state index contributed by atoms with van der Waals surface area (Å²) >= 11 is 0. The summed E-state index contributed by atoms with van der Waals surface area (Å²) in [6.07, 6.45) is 3.34. The Morgan fingerprint density at radius 2 is 2.09 bits per heavy atom. The molecule has 1 unspecified atom stereocenters. The van der Waals surface area contributed by atoms with Gasteiger partial charge in [0.25, 0.3) is 0 Å². The Morgan fingerprint density at radius 1 is 1.36 bits per heavy atom. The summed E-state index contributed by atoms with van der Waals surface area (Å²) in [6.45, 7) is 3.26. The summed E-state index contributed by atoms with van der Waals surface area (Å²) in [7, 11) is 0. The van der Waals surface area contributed by atoms with Crippen LogP contribution in [0.3, 0.4) is 0 Å². The predicted molar refractivity (Wildman–Crippen MR) is 42.2 cm³/mol. The number of carbonyl (C=O) groups is 1. The van der Waals surface area contributed by atoms with Crippen molar-refractivity contribution in [2.24, 2.45) is 0 Å². The standard InChI is InChI=1S/C8H14N2O/c11-8-5-7(6-9-8)10-3-1-2-4-10/h7H,1-6H2,(H,9,11). The van der Waals surface area contributed by atoms with Crippen LogP contribution in [0.1, 0.15) is 19.3 Å². The van der Waals surface area contributed by atoms with Crippen molar-refractivity contribution in [3.63, 3.8) is 0 Å². The van der Waals surface area contributed by atoms with Gasteiger partial charge in [0, 0.05) is 19.0 Å². The van der Waals surface area contributed by atoms with Crippen molar-refractivity contribution in [1.29, 1.82) is 0 Å². The normalized spacial score (nSPS) is 32.7. The van der Waals surface area contributed by atoms with Crippen LogP contribution < -0.4 is 5.32 Å². The van der Waals surface area contributed by atoms with E-state index >= 15 is 0 Å². The van der Waals surface area contributed by atoms with Crippen LogP contribution >= 0.6 is 0 Å². The summed E-state index contributed by atoms with van der Waals surface area (Å²) in [5.41, 5.74) is 0. The molecule has 0 aromatic heterocycles. The smallest absolute Gasteiger partial charge is 0.221 e. The molecular formula is C8H14N2O. The highest BCUT2D eigenvalue weighted by Gasteiger charge is 2.28. The van der Waals surface area contributed by atoms with E-state index in [9.17, 15) is 4.79 Å². The maximum absolute atomic E-state index is 10.9. The molecule has 2 aliphatic heterocycles. The molecule has 2 rings (SSSR count). The first kappa shape index (κ1) is 7.10. The molecule has 0 saturated carbocycles. The zero-order valence-electron chi connectivity index (χ0n) is 6.68. The molecule has 0 aliphatic carbocycles. The lowest BCUT2D eigenvalue weighted by atomic mass is 10.2. The van der Waals surface area contributed by atoms with E-state index in [-0.39, 0.29) is 5.91 Å². The van der Waals surface area contributed by atoms with Crippen LogP contribution in [0.15, 0.2) is 0 Å². The van der Waals surface area contributed by atoms with Gasteiger partial charge in [-0.1, -0.05) is 0 Å². The highest BCUT2D eigenvalue weighted by atomic mass is 16.1. The van der Waals surface area contributed by atoms with Crippen molar-refractivity contribution >= 4 is 5.91 Å². The Morgan fingerprint density at radius 3 is 2.64 bits per heavy atom. The predicted octanol–water partition coefficient (Wildman–Crippen LogP) is -0.0293. The molecule has 3 heteroatoms. The second-order valence-corrected chi connectivity index (χ2v) is 3.41. The third-order valence-electron chi connectivity index (χ3n) is 2.61.